The van der Waals surface area contributed by atoms with Gasteiger partial charge < -0.3 is 4.74 Å². The maximum absolute atomic E-state index is 10.5. The Morgan fingerprint density at radius 1 is 0.750 bits per heavy atom. The summed E-state index contributed by atoms with van der Waals surface area (Å²) in [5.74, 6) is 0. The highest BCUT2D eigenvalue weighted by molar-refractivity contribution is 5.38. The Balaban J connectivity index is 2.15. The second kappa shape index (κ2) is 13.0. The lowest BCUT2D eigenvalue weighted by atomic mass is 9.89. The minimum atomic E-state index is -0.317. The molecule has 1 aromatic carbocycles. The first-order valence-corrected chi connectivity index (χ1v) is 11.4. The molecular formula is C26H44O2. The van der Waals surface area contributed by atoms with E-state index < -0.39 is 0 Å². The lowest BCUT2D eigenvalue weighted by Gasteiger charge is -2.22. The number of unbranched alkanes of at least 4 members (excludes halogenated alkanes) is 6. The van der Waals surface area contributed by atoms with Crippen molar-refractivity contribution in [3.8, 4) is 0 Å². The van der Waals surface area contributed by atoms with Gasteiger partial charge in [0, 0.05) is 0 Å². The third-order valence-electron chi connectivity index (χ3n) is 5.50. The van der Waals surface area contributed by atoms with Crippen molar-refractivity contribution in [2.45, 2.75) is 117 Å². The summed E-state index contributed by atoms with van der Waals surface area (Å²) in [7, 11) is 0. The molecule has 1 aromatic rings. The maximum atomic E-state index is 10.5. The number of carbonyl (C=O) groups excluding carboxylic acids is 1. The Hall–Kier alpha value is -1.31. The van der Waals surface area contributed by atoms with Crippen LogP contribution in [0.2, 0.25) is 0 Å². The third-order valence-corrected chi connectivity index (χ3v) is 5.50. The molecule has 0 aliphatic heterocycles. The van der Waals surface area contributed by atoms with Crippen LogP contribution < -0.4 is 0 Å². The molecule has 0 N–H and O–H groups in total. The molecule has 0 spiro atoms. The molecule has 0 bridgehead atoms. The summed E-state index contributed by atoms with van der Waals surface area (Å²) in [6, 6.07) is 9.20. The highest BCUT2D eigenvalue weighted by Crippen LogP contribution is 2.23. The van der Waals surface area contributed by atoms with Crippen molar-refractivity contribution in [1.82, 2.24) is 0 Å². The fourth-order valence-electron chi connectivity index (χ4n) is 3.70. The molecule has 0 saturated carbocycles. The van der Waals surface area contributed by atoms with E-state index in [2.05, 4.69) is 45.0 Å². The summed E-state index contributed by atoms with van der Waals surface area (Å²) in [6.07, 6.45) is 14.9. The number of rotatable bonds is 15. The standard InChI is InChI=1S/C26H44O2/c1-25(2,3)19-12-8-6-10-15-23-17-14-18-24(21-23)16-11-7-9-13-20-26(4,5)28-22-27/h14,17-18,21-22H,6-13,15-16,19-20H2,1-5H3. The van der Waals surface area contributed by atoms with E-state index in [-0.39, 0.29) is 5.60 Å². The van der Waals surface area contributed by atoms with Crippen molar-refractivity contribution in [3.63, 3.8) is 0 Å². The van der Waals surface area contributed by atoms with Crippen LogP contribution in [0, 0.1) is 5.41 Å². The van der Waals surface area contributed by atoms with Crippen LogP contribution in [0.15, 0.2) is 24.3 Å². The highest BCUT2D eigenvalue weighted by Gasteiger charge is 2.17. The Kier molecular flexibility index (Phi) is 11.5. The van der Waals surface area contributed by atoms with Crippen LogP contribution in [0.25, 0.3) is 0 Å². The third kappa shape index (κ3) is 13.0. The van der Waals surface area contributed by atoms with Gasteiger partial charge in [0.15, 0.2) is 0 Å². The summed E-state index contributed by atoms with van der Waals surface area (Å²) < 4.78 is 5.11. The smallest absolute Gasteiger partial charge is 0.293 e. The van der Waals surface area contributed by atoms with Gasteiger partial charge in [0.05, 0.1) is 0 Å². The minimum absolute atomic E-state index is 0.317. The van der Waals surface area contributed by atoms with Crippen LogP contribution in [-0.4, -0.2) is 12.1 Å². The lowest BCUT2D eigenvalue weighted by molar-refractivity contribution is -0.140. The number of benzene rings is 1. The quantitative estimate of drug-likeness (QED) is 0.227. The molecule has 2 heteroatoms. The fraction of sp³-hybridized carbons (Fsp3) is 0.731. The van der Waals surface area contributed by atoms with Gasteiger partial charge >= 0.3 is 0 Å². The monoisotopic (exact) mass is 388 g/mol. The summed E-state index contributed by atoms with van der Waals surface area (Å²) in [5, 5.41) is 0. The molecule has 0 atom stereocenters. The van der Waals surface area contributed by atoms with Crippen LogP contribution in [0.4, 0.5) is 0 Å². The predicted molar refractivity (Wildman–Crippen MR) is 121 cm³/mol. The van der Waals surface area contributed by atoms with E-state index in [0.29, 0.717) is 11.9 Å². The highest BCUT2D eigenvalue weighted by atomic mass is 16.5. The average Bonchev–Trinajstić information content (AvgIpc) is 2.60. The van der Waals surface area contributed by atoms with Gasteiger partial charge in [-0.2, -0.15) is 0 Å². The summed E-state index contributed by atoms with van der Waals surface area (Å²) in [5.41, 5.74) is 3.15. The average molecular weight is 389 g/mol. The van der Waals surface area contributed by atoms with Gasteiger partial charge in [-0.15, -0.1) is 0 Å². The number of carbonyl (C=O) groups is 1. The van der Waals surface area contributed by atoms with Crippen molar-refractivity contribution in [1.29, 1.82) is 0 Å². The van der Waals surface area contributed by atoms with Crippen molar-refractivity contribution in [2.24, 2.45) is 5.41 Å². The molecule has 28 heavy (non-hydrogen) atoms. The molecule has 0 unspecified atom stereocenters. The van der Waals surface area contributed by atoms with Gasteiger partial charge in [-0.3, -0.25) is 4.79 Å². The SMILES string of the molecule is CC(C)(C)CCCCCCc1cccc(CCCCCCC(C)(C)OC=O)c1. The van der Waals surface area contributed by atoms with Crippen molar-refractivity contribution in [3.05, 3.63) is 35.4 Å². The van der Waals surface area contributed by atoms with Gasteiger partial charge in [0.1, 0.15) is 5.60 Å². The fourth-order valence-corrected chi connectivity index (χ4v) is 3.70. The normalized spacial score (nSPS) is 12.2. The van der Waals surface area contributed by atoms with Gasteiger partial charge in [-0.05, 0) is 75.3 Å². The Morgan fingerprint density at radius 3 is 1.75 bits per heavy atom. The van der Waals surface area contributed by atoms with Crippen LogP contribution in [0.3, 0.4) is 0 Å². The van der Waals surface area contributed by atoms with E-state index in [1.54, 1.807) is 0 Å². The molecule has 0 heterocycles. The number of ether oxygens (including phenoxy) is 1. The molecule has 2 nitrogen and oxygen atoms in total. The summed E-state index contributed by atoms with van der Waals surface area (Å²) >= 11 is 0. The molecule has 160 valence electrons. The van der Waals surface area contributed by atoms with Crippen LogP contribution in [-0.2, 0) is 22.4 Å². The number of hydrogen-bond donors (Lipinski definition) is 0. The first-order valence-electron chi connectivity index (χ1n) is 11.4. The van der Waals surface area contributed by atoms with E-state index in [9.17, 15) is 4.79 Å². The first-order chi connectivity index (χ1) is 13.2. The lowest BCUT2D eigenvalue weighted by Crippen LogP contribution is -2.23. The van der Waals surface area contributed by atoms with Gasteiger partial charge in [0.2, 0.25) is 0 Å². The summed E-state index contributed by atoms with van der Waals surface area (Å²) in [6.45, 7) is 11.5. The van der Waals surface area contributed by atoms with E-state index in [1.165, 1.54) is 75.3 Å². The topological polar surface area (TPSA) is 26.3 Å². The number of aryl methyl sites for hydroxylation is 2. The molecule has 0 radical (unpaired) electrons. The van der Waals surface area contributed by atoms with Gasteiger partial charge in [-0.1, -0.05) is 77.1 Å². The van der Waals surface area contributed by atoms with Crippen LogP contribution in [0.5, 0.6) is 0 Å². The van der Waals surface area contributed by atoms with Gasteiger partial charge in [0.25, 0.3) is 6.47 Å². The molecule has 0 aliphatic rings. The molecule has 0 aromatic heterocycles. The minimum Gasteiger partial charge on any atom is -0.462 e. The van der Waals surface area contributed by atoms with Crippen molar-refractivity contribution < 1.29 is 9.53 Å². The molecule has 0 saturated heterocycles. The second-order valence-electron chi connectivity index (χ2n) is 10.2. The second-order valence-corrected chi connectivity index (χ2v) is 10.2. The molecule has 0 amide bonds. The zero-order valence-electron chi connectivity index (χ0n) is 19.2. The zero-order chi connectivity index (χ0) is 20.9. The largest absolute Gasteiger partial charge is 0.462 e. The Labute approximate surface area is 174 Å². The maximum Gasteiger partial charge on any atom is 0.293 e. The first kappa shape index (κ1) is 24.7. The van der Waals surface area contributed by atoms with Gasteiger partial charge in [-0.25, -0.2) is 0 Å². The zero-order valence-corrected chi connectivity index (χ0v) is 19.2. The molecule has 1 rings (SSSR count). The van der Waals surface area contributed by atoms with Crippen molar-refractivity contribution >= 4 is 6.47 Å². The molecule has 0 aliphatic carbocycles. The molecule has 0 fully saturated rings. The van der Waals surface area contributed by atoms with E-state index >= 15 is 0 Å². The Morgan fingerprint density at radius 2 is 1.25 bits per heavy atom. The number of hydrogen-bond acceptors (Lipinski definition) is 2. The van der Waals surface area contributed by atoms with E-state index in [4.69, 9.17) is 4.74 Å². The molecular weight excluding hydrogens is 344 g/mol. The Bertz CT molecular complexity index is 540. The van der Waals surface area contributed by atoms with Crippen LogP contribution >= 0.6 is 0 Å². The summed E-state index contributed by atoms with van der Waals surface area (Å²) in [4.78, 5) is 10.5. The predicted octanol–water partition coefficient (Wildman–Crippen LogP) is 7.67. The van der Waals surface area contributed by atoms with Crippen molar-refractivity contribution in [2.75, 3.05) is 0 Å². The van der Waals surface area contributed by atoms with E-state index in [1.807, 2.05) is 13.8 Å². The van der Waals surface area contributed by atoms with E-state index in [0.717, 1.165) is 12.8 Å². The van der Waals surface area contributed by atoms with Crippen LogP contribution in [0.1, 0.15) is 110 Å².